The molecule has 408 valence electrons. The van der Waals surface area contributed by atoms with E-state index in [4.69, 9.17) is 0 Å². The summed E-state index contributed by atoms with van der Waals surface area (Å²) in [5.41, 5.74) is 26.1. The van der Waals surface area contributed by atoms with E-state index in [2.05, 4.69) is 270 Å². The standard InChI is InChI=1S/C79H72N4/c1-75-40-11-13-42-77(75,3)82(58-31-27-56(28-32-58)80(5)6)70-38-25-53(46-67(70)75)51-23-35-60-61-36-24-52(54-26-39-71-68(47-54)76(2)41-12-14-43-78(76,4)83(71)59-33-29-57(30-34-59)81(7)8)45-66(61)79(65(60)44-51)64-19-10-9-18-62(64)74-63-37-22-50-17-15-16-49-20-21-55(48-69(74)79)73(63)72(49)50/h9-10,15-39,44-48H,11-14,40-43H2,1-8H3. The number of hydrogen-bond acceptors (Lipinski definition) is 4. The molecule has 0 amide bonds. The molecule has 4 heteroatoms. The van der Waals surface area contributed by atoms with Crippen LogP contribution in [0.1, 0.15) is 112 Å². The molecule has 1 spiro atoms. The van der Waals surface area contributed by atoms with E-state index in [1.165, 1.54) is 196 Å². The van der Waals surface area contributed by atoms with E-state index in [9.17, 15) is 0 Å². The monoisotopic (exact) mass is 1080 g/mol. The zero-order chi connectivity index (χ0) is 56.1. The smallest absolute Gasteiger partial charge is 0.0726 e. The van der Waals surface area contributed by atoms with Crippen molar-refractivity contribution in [3.63, 3.8) is 0 Å². The van der Waals surface area contributed by atoms with Crippen LogP contribution < -0.4 is 19.6 Å². The molecule has 2 fully saturated rings. The second kappa shape index (κ2) is 16.9. The molecule has 0 N–H and O–H groups in total. The summed E-state index contributed by atoms with van der Waals surface area (Å²) < 4.78 is 0. The van der Waals surface area contributed by atoms with Gasteiger partial charge in [-0.05, 0) is 241 Å². The van der Waals surface area contributed by atoms with Gasteiger partial charge in [0.2, 0.25) is 0 Å². The van der Waals surface area contributed by atoms with Gasteiger partial charge in [-0.3, -0.25) is 0 Å². The maximum absolute atomic E-state index is 2.72. The Balaban J connectivity index is 0.876. The first-order chi connectivity index (χ1) is 40.2. The lowest BCUT2D eigenvalue weighted by Crippen LogP contribution is -2.54. The zero-order valence-corrected chi connectivity index (χ0v) is 49.4. The number of benzene rings is 11. The molecule has 11 aromatic carbocycles. The fourth-order valence-corrected chi connectivity index (χ4v) is 18.3. The summed E-state index contributed by atoms with van der Waals surface area (Å²) >= 11 is 0. The van der Waals surface area contributed by atoms with Gasteiger partial charge in [0.25, 0.3) is 0 Å². The van der Waals surface area contributed by atoms with Crippen molar-refractivity contribution in [2.45, 2.75) is 106 Å². The van der Waals surface area contributed by atoms with Crippen molar-refractivity contribution in [3.05, 3.63) is 228 Å². The average Bonchev–Trinajstić information content (AvgIpc) is 2.10. The Morgan fingerprint density at radius 2 is 0.807 bits per heavy atom. The predicted molar refractivity (Wildman–Crippen MR) is 352 cm³/mol. The van der Waals surface area contributed by atoms with Crippen LogP contribution in [0.4, 0.5) is 34.1 Å². The van der Waals surface area contributed by atoms with Crippen molar-refractivity contribution in [2.24, 2.45) is 0 Å². The van der Waals surface area contributed by atoms with E-state index < -0.39 is 5.41 Å². The minimum atomic E-state index is -0.576. The zero-order valence-electron chi connectivity index (χ0n) is 49.4. The lowest BCUT2D eigenvalue weighted by Gasteiger charge is -2.50. The molecule has 2 heterocycles. The maximum Gasteiger partial charge on any atom is 0.0726 e. The molecule has 11 aromatic rings. The van der Waals surface area contributed by atoms with Crippen LogP contribution in [0.2, 0.25) is 0 Å². The first-order valence-electron chi connectivity index (χ1n) is 30.8. The van der Waals surface area contributed by atoms with Gasteiger partial charge in [-0.15, -0.1) is 0 Å². The maximum atomic E-state index is 2.72. The first kappa shape index (κ1) is 49.3. The molecule has 83 heavy (non-hydrogen) atoms. The highest BCUT2D eigenvalue weighted by molar-refractivity contribution is 6.27. The van der Waals surface area contributed by atoms with Crippen LogP contribution in [-0.4, -0.2) is 39.3 Å². The molecule has 2 saturated carbocycles. The number of fused-ring (bicyclic) bond motifs is 17. The van der Waals surface area contributed by atoms with E-state index in [1.807, 2.05) is 0 Å². The number of nitrogens with zero attached hydrogens (tertiary/aromatic N) is 4. The summed E-state index contributed by atoms with van der Waals surface area (Å²) in [5.74, 6) is 0. The fourth-order valence-electron chi connectivity index (χ4n) is 18.3. The van der Waals surface area contributed by atoms with Crippen molar-refractivity contribution in [3.8, 4) is 44.5 Å². The molecule has 17 rings (SSSR count). The molecular formula is C79H72N4. The van der Waals surface area contributed by atoms with Crippen molar-refractivity contribution in [2.75, 3.05) is 47.8 Å². The van der Waals surface area contributed by atoms with Gasteiger partial charge in [0, 0.05) is 73.1 Å². The molecule has 0 saturated heterocycles. The van der Waals surface area contributed by atoms with Crippen LogP contribution in [0.5, 0.6) is 0 Å². The summed E-state index contributed by atoms with van der Waals surface area (Å²) in [6.45, 7) is 10.3. The molecule has 4 nitrogen and oxygen atoms in total. The Hall–Kier alpha value is -8.34. The molecule has 4 atom stereocenters. The third-order valence-corrected chi connectivity index (χ3v) is 22.9. The van der Waals surface area contributed by atoms with Gasteiger partial charge in [-0.2, -0.15) is 0 Å². The molecule has 4 unspecified atom stereocenters. The van der Waals surface area contributed by atoms with Gasteiger partial charge < -0.3 is 19.6 Å². The normalized spacial score (nSPS) is 24.2. The van der Waals surface area contributed by atoms with Gasteiger partial charge in [0.15, 0.2) is 0 Å². The van der Waals surface area contributed by atoms with E-state index in [0.29, 0.717) is 0 Å². The van der Waals surface area contributed by atoms with Gasteiger partial charge in [-0.25, -0.2) is 0 Å². The summed E-state index contributed by atoms with van der Waals surface area (Å²) in [6, 6.07) is 77.2. The average molecular weight is 1080 g/mol. The summed E-state index contributed by atoms with van der Waals surface area (Å²) in [4.78, 5) is 9.84. The summed E-state index contributed by atoms with van der Waals surface area (Å²) in [5, 5.41) is 8.00. The van der Waals surface area contributed by atoms with Crippen molar-refractivity contribution in [1.29, 1.82) is 0 Å². The van der Waals surface area contributed by atoms with E-state index in [1.54, 1.807) is 0 Å². The number of hydrogen-bond donors (Lipinski definition) is 0. The lowest BCUT2D eigenvalue weighted by atomic mass is 9.61. The van der Waals surface area contributed by atoms with E-state index in [0.717, 1.165) is 0 Å². The van der Waals surface area contributed by atoms with Crippen LogP contribution in [0, 0.1) is 0 Å². The van der Waals surface area contributed by atoms with Gasteiger partial charge in [-0.1, -0.05) is 143 Å². The highest BCUT2D eigenvalue weighted by Crippen LogP contribution is 2.67. The Labute approximate surface area is 490 Å². The Morgan fingerprint density at radius 3 is 1.33 bits per heavy atom. The highest BCUT2D eigenvalue weighted by Gasteiger charge is 2.60. The highest BCUT2D eigenvalue weighted by atomic mass is 15.3. The third kappa shape index (κ3) is 6.22. The molecule has 0 bridgehead atoms. The molecule has 0 aromatic heterocycles. The summed E-state index contributed by atoms with van der Waals surface area (Å²) in [7, 11) is 8.53. The Morgan fingerprint density at radius 1 is 0.349 bits per heavy atom. The van der Waals surface area contributed by atoms with Crippen LogP contribution in [0.3, 0.4) is 0 Å². The second-order valence-electron chi connectivity index (χ2n) is 27.1. The van der Waals surface area contributed by atoms with Crippen molar-refractivity contribution < 1.29 is 0 Å². The van der Waals surface area contributed by atoms with Crippen LogP contribution >= 0.6 is 0 Å². The van der Waals surface area contributed by atoms with Gasteiger partial charge >= 0.3 is 0 Å². The predicted octanol–water partition coefficient (Wildman–Crippen LogP) is 19.9. The molecule has 0 radical (unpaired) electrons. The number of rotatable bonds is 6. The fraction of sp³-hybridized carbons (Fsp3) is 0.266. The Bertz CT molecular complexity index is 4340. The van der Waals surface area contributed by atoms with Crippen molar-refractivity contribution >= 4 is 66.4 Å². The largest absolute Gasteiger partial charge is 0.378 e. The van der Waals surface area contributed by atoms with Gasteiger partial charge in [0.05, 0.1) is 16.5 Å². The minimum absolute atomic E-state index is 0.00878. The molecule has 6 aliphatic rings. The lowest BCUT2D eigenvalue weighted by molar-refractivity contribution is 0.195. The minimum Gasteiger partial charge on any atom is -0.378 e. The first-order valence-corrected chi connectivity index (χ1v) is 30.8. The summed E-state index contributed by atoms with van der Waals surface area (Å²) in [6.07, 6.45) is 9.69. The van der Waals surface area contributed by atoms with Crippen LogP contribution in [-0.2, 0) is 16.2 Å². The van der Waals surface area contributed by atoms with E-state index in [-0.39, 0.29) is 21.9 Å². The van der Waals surface area contributed by atoms with Crippen LogP contribution in [0.15, 0.2) is 194 Å². The molecular weight excluding hydrogens is 1000 g/mol. The third-order valence-electron chi connectivity index (χ3n) is 22.9. The van der Waals surface area contributed by atoms with Crippen LogP contribution in [0.25, 0.3) is 76.8 Å². The molecule has 2 aliphatic heterocycles. The topological polar surface area (TPSA) is 13.0 Å². The molecule has 4 aliphatic carbocycles. The van der Waals surface area contributed by atoms with Gasteiger partial charge in [0.1, 0.15) is 0 Å². The van der Waals surface area contributed by atoms with Crippen molar-refractivity contribution in [1.82, 2.24) is 0 Å². The second-order valence-corrected chi connectivity index (χ2v) is 27.1. The quantitative estimate of drug-likeness (QED) is 0.154. The SMILES string of the molecule is CN(C)c1ccc(N2c3ccc(-c4ccc5c(c4)C4(c6cc(-c7ccc8c(c7)C7(C)CCCCC7(C)N8c7ccc(N(C)C)cc7)ccc6-5)c5ccccc5-c5c4cc4ccc6cccc7ccc5c4c67)cc3C3(C)CCCCC23C)cc1. The Kier molecular flexibility index (Phi) is 10.0. The number of anilines is 6. The van der Waals surface area contributed by atoms with E-state index >= 15 is 0 Å².